The zero-order chi connectivity index (χ0) is 16.8. The van der Waals surface area contributed by atoms with Gasteiger partial charge in [0.15, 0.2) is 5.78 Å². The number of carbonyl (C=O) groups excluding carboxylic acids is 1. The minimum absolute atomic E-state index is 0.0354. The zero-order valence-corrected chi connectivity index (χ0v) is 15.3. The van der Waals surface area contributed by atoms with Gasteiger partial charge in [0, 0.05) is 5.41 Å². The van der Waals surface area contributed by atoms with Crippen LogP contribution in [0.1, 0.15) is 60.8 Å². The van der Waals surface area contributed by atoms with Gasteiger partial charge in [-0.05, 0) is 63.4 Å². The van der Waals surface area contributed by atoms with Gasteiger partial charge in [-0.2, -0.15) is 0 Å². The van der Waals surface area contributed by atoms with Crippen molar-refractivity contribution in [2.24, 2.45) is 22.7 Å². The summed E-state index contributed by atoms with van der Waals surface area (Å²) in [5.41, 5.74) is -0.439. The first-order chi connectivity index (χ1) is 10.5. The van der Waals surface area contributed by atoms with Crippen LogP contribution >= 0.6 is 0 Å². The highest BCUT2D eigenvalue weighted by Gasteiger charge is 2.67. The molecule has 3 fully saturated rings. The van der Waals surface area contributed by atoms with Crippen molar-refractivity contribution >= 4 is 5.78 Å². The SMILES string of the molecule is C[C@H]1O[C@]1(C)[C@H]1C[C@@H]2[C@]3(C)C=CC(=O)C(C)(C)[C@@H]3CC[C@]2(C)O1. The molecule has 0 bridgehead atoms. The Morgan fingerprint density at radius 1 is 1.09 bits per heavy atom. The summed E-state index contributed by atoms with van der Waals surface area (Å²) in [6, 6.07) is 0. The van der Waals surface area contributed by atoms with Gasteiger partial charge >= 0.3 is 0 Å². The normalized spacial score (nSPS) is 57.0. The molecule has 0 unspecified atom stereocenters. The number of rotatable bonds is 1. The molecule has 7 atom stereocenters. The molecular formula is C20H30O3. The summed E-state index contributed by atoms with van der Waals surface area (Å²) in [5.74, 6) is 1.14. The van der Waals surface area contributed by atoms with Gasteiger partial charge in [0.1, 0.15) is 5.60 Å². The molecule has 2 heterocycles. The third-order valence-electron chi connectivity index (χ3n) is 7.95. The summed E-state index contributed by atoms with van der Waals surface area (Å²) in [6.07, 6.45) is 7.66. The Labute approximate surface area is 139 Å². The van der Waals surface area contributed by atoms with Gasteiger partial charge in [-0.25, -0.2) is 0 Å². The highest BCUT2D eigenvalue weighted by molar-refractivity contribution is 5.95. The molecular weight excluding hydrogens is 288 g/mol. The number of ketones is 1. The van der Waals surface area contributed by atoms with Crippen molar-refractivity contribution in [3.05, 3.63) is 12.2 Å². The van der Waals surface area contributed by atoms with E-state index in [1.54, 1.807) is 0 Å². The Bertz CT molecular complexity index is 594. The molecule has 0 radical (unpaired) electrons. The molecule has 0 N–H and O–H groups in total. The predicted molar refractivity (Wildman–Crippen MR) is 89.1 cm³/mol. The summed E-state index contributed by atoms with van der Waals surface area (Å²) < 4.78 is 12.5. The van der Waals surface area contributed by atoms with E-state index in [4.69, 9.17) is 9.47 Å². The average molecular weight is 318 g/mol. The summed E-state index contributed by atoms with van der Waals surface area (Å²) in [4.78, 5) is 12.4. The summed E-state index contributed by atoms with van der Waals surface area (Å²) in [5, 5.41) is 0. The molecule has 128 valence electrons. The number of fused-ring (bicyclic) bond motifs is 3. The van der Waals surface area contributed by atoms with Crippen molar-refractivity contribution in [1.82, 2.24) is 0 Å². The number of epoxide rings is 1. The van der Waals surface area contributed by atoms with E-state index in [9.17, 15) is 4.79 Å². The topological polar surface area (TPSA) is 38.8 Å². The number of ether oxygens (including phenoxy) is 2. The van der Waals surface area contributed by atoms with Crippen molar-refractivity contribution in [3.63, 3.8) is 0 Å². The van der Waals surface area contributed by atoms with Gasteiger partial charge < -0.3 is 9.47 Å². The third-order valence-corrected chi connectivity index (χ3v) is 7.95. The van der Waals surface area contributed by atoms with Crippen LogP contribution in [0.2, 0.25) is 0 Å². The molecule has 23 heavy (non-hydrogen) atoms. The van der Waals surface area contributed by atoms with Gasteiger partial charge in [-0.1, -0.05) is 26.8 Å². The average Bonchev–Trinajstić information content (AvgIpc) is 2.90. The van der Waals surface area contributed by atoms with Crippen LogP contribution in [0.3, 0.4) is 0 Å². The quantitative estimate of drug-likeness (QED) is 0.688. The van der Waals surface area contributed by atoms with Crippen LogP contribution in [0.25, 0.3) is 0 Å². The Morgan fingerprint density at radius 3 is 2.35 bits per heavy atom. The third kappa shape index (κ3) is 1.87. The molecule has 0 spiro atoms. The monoisotopic (exact) mass is 318 g/mol. The Balaban J connectivity index is 1.71. The molecule has 4 aliphatic rings. The van der Waals surface area contributed by atoms with Crippen LogP contribution in [0.4, 0.5) is 0 Å². The smallest absolute Gasteiger partial charge is 0.161 e. The lowest BCUT2D eigenvalue weighted by molar-refractivity contribution is -0.148. The molecule has 2 aliphatic heterocycles. The van der Waals surface area contributed by atoms with Crippen LogP contribution < -0.4 is 0 Å². The van der Waals surface area contributed by atoms with Gasteiger partial charge in [-0.15, -0.1) is 0 Å². The fourth-order valence-corrected chi connectivity index (χ4v) is 6.10. The van der Waals surface area contributed by atoms with Crippen LogP contribution in [0, 0.1) is 22.7 Å². The molecule has 4 rings (SSSR count). The standard InChI is InChI=1S/C20H30O3/c1-12-20(6,22-12)16-11-14-18(4)9-8-15(21)17(2,3)13(18)7-10-19(14,5)23-16/h8-9,12-14,16H,7,10-11H2,1-6H3/t12-,13+,14-,16-,18-,19+,20+/m1/s1. The summed E-state index contributed by atoms with van der Waals surface area (Å²) >= 11 is 0. The van der Waals surface area contributed by atoms with Crippen molar-refractivity contribution in [3.8, 4) is 0 Å². The first kappa shape index (κ1) is 15.8. The lowest BCUT2D eigenvalue weighted by Gasteiger charge is -2.57. The Kier molecular flexibility index (Phi) is 2.95. The van der Waals surface area contributed by atoms with E-state index >= 15 is 0 Å². The van der Waals surface area contributed by atoms with Gasteiger partial charge in [0.25, 0.3) is 0 Å². The second kappa shape index (κ2) is 4.29. The molecule has 3 heteroatoms. The van der Waals surface area contributed by atoms with E-state index in [2.05, 4.69) is 47.6 Å². The minimum Gasteiger partial charge on any atom is -0.369 e. The maximum atomic E-state index is 12.4. The highest BCUT2D eigenvalue weighted by atomic mass is 16.6. The fraction of sp³-hybridized carbons (Fsp3) is 0.850. The second-order valence-electron chi connectivity index (χ2n) is 9.53. The first-order valence-corrected chi connectivity index (χ1v) is 9.13. The molecule has 0 amide bonds. The minimum atomic E-state index is -0.268. The first-order valence-electron chi connectivity index (χ1n) is 9.13. The predicted octanol–water partition coefficient (Wildman–Crippen LogP) is 3.91. The highest BCUT2D eigenvalue weighted by Crippen LogP contribution is 2.65. The number of allylic oxidation sites excluding steroid dienone is 2. The lowest BCUT2D eigenvalue weighted by Crippen LogP contribution is -2.56. The maximum absolute atomic E-state index is 12.4. The van der Waals surface area contributed by atoms with Crippen molar-refractivity contribution in [2.75, 3.05) is 0 Å². The maximum Gasteiger partial charge on any atom is 0.161 e. The molecule has 2 saturated heterocycles. The lowest BCUT2D eigenvalue weighted by atomic mass is 9.47. The van der Waals surface area contributed by atoms with Crippen LogP contribution in [-0.2, 0) is 14.3 Å². The van der Waals surface area contributed by atoms with Crippen molar-refractivity contribution < 1.29 is 14.3 Å². The molecule has 1 saturated carbocycles. The summed E-state index contributed by atoms with van der Waals surface area (Å²) in [7, 11) is 0. The van der Waals surface area contributed by atoms with Crippen LogP contribution in [0.5, 0.6) is 0 Å². The van der Waals surface area contributed by atoms with E-state index in [0.29, 0.717) is 17.9 Å². The van der Waals surface area contributed by atoms with E-state index in [1.807, 2.05) is 6.08 Å². The van der Waals surface area contributed by atoms with Gasteiger partial charge in [-0.3, -0.25) is 4.79 Å². The number of hydrogen-bond acceptors (Lipinski definition) is 3. The second-order valence-corrected chi connectivity index (χ2v) is 9.53. The van der Waals surface area contributed by atoms with E-state index in [1.165, 1.54) is 0 Å². The largest absolute Gasteiger partial charge is 0.369 e. The Hall–Kier alpha value is -0.670. The van der Waals surface area contributed by atoms with Gasteiger partial charge in [0.2, 0.25) is 0 Å². The zero-order valence-electron chi connectivity index (χ0n) is 15.3. The molecule has 0 aromatic carbocycles. The number of hydrogen-bond donors (Lipinski definition) is 0. The van der Waals surface area contributed by atoms with Crippen LogP contribution in [0.15, 0.2) is 12.2 Å². The number of carbonyl (C=O) groups is 1. The van der Waals surface area contributed by atoms with Crippen molar-refractivity contribution in [2.45, 2.75) is 84.2 Å². The van der Waals surface area contributed by atoms with Gasteiger partial charge in [0.05, 0.1) is 17.8 Å². The fourth-order valence-electron chi connectivity index (χ4n) is 6.10. The molecule has 3 nitrogen and oxygen atoms in total. The molecule has 0 aromatic heterocycles. The van der Waals surface area contributed by atoms with Crippen LogP contribution in [-0.4, -0.2) is 29.2 Å². The Morgan fingerprint density at radius 2 is 1.74 bits per heavy atom. The molecule has 0 aromatic rings. The van der Waals surface area contributed by atoms with Crippen molar-refractivity contribution in [1.29, 1.82) is 0 Å². The molecule has 2 aliphatic carbocycles. The van der Waals surface area contributed by atoms with E-state index < -0.39 is 0 Å². The van der Waals surface area contributed by atoms with E-state index in [-0.39, 0.29) is 33.9 Å². The van der Waals surface area contributed by atoms with E-state index in [0.717, 1.165) is 19.3 Å². The summed E-state index contributed by atoms with van der Waals surface area (Å²) in [6.45, 7) is 13.2.